The molecule has 0 saturated carbocycles. The van der Waals surface area contributed by atoms with E-state index >= 15 is 0 Å². The van der Waals surface area contributed by atoms with E-state index in [4.69, 9.17) is 4.98 Å². The van der Waals surface area contributed by atoms with E-state index in [1.54, 1.807) is 29.1 Å². The number of hydrogen-bond acceptors (Lipinski definition) is 5. The molecule has 4 aromatic rings. The second-order valence-electron chi connectivity index (χ2n) is 7.98. The number of fused-ring (bicyclic) bond motifs is 5. The van der Waals surface area contributed by atoms with E-state index in [9.17, 15) is 13.2 Å². The van der Waals surface area contributed by atoms with Gasteiger partial charge in [-0.25, -0.2) is 14.5 Å². The van der Waals surface area contributed by atoms with Crippen molar-refractivity contribution < 1.29 is 13.2 Å². The second kappa shape index (κ2) is 7.04. The number of nitrogens with zero attached hydrogens (tertiary/aromatic N) is 6. The SMILES string of the molecule is Cc1cc(C(F)(F)F)nn1CC(C)c1nc2c3c4c(sc3ncn2n1)CCCCC4. The summed E-state index contributed by atoms with van der Waals surface area (Å²) >= 11 is 1.74. The van der Waals surface area contributed by atoms with Crippen molar-refractivity contribution in [2.75, 3.05) is 0 Å². The highest BCUT2D eigenvalue weighted by Gasteiger charge is 2.34. The number of rotatable bonds is 3. The van der Waals surface area contributed by atoms with E-state index in [1.807, 2.05) is 6.92 Å². The molecule has 0 fully saturated rings. The van der Waals surface area contributed by atoms with E-state index in [1.165, 1.54) is 28.0 Å². The van der Waals surface area contributed by atoms with Gasteiger partial charge in [0.05, 0.1) is 11.9 Å². The molecule has 6 nitrogen and oxygen atoms in total. The number of thiophene rings is 1. The maximum absolute atomic E-state index is 13.0. The molecule has 1 aliphatic carbocycles. The normalized spacial score (nSPS) is 16.2. The average molecular weight is 434 g/mol. The molecule has 30 heavy (non-hydrogen) atoms. The number of alkyl halides is 3. The lowest BCUT2D eigenvalue weighted by atomic mass is 10.1. The minimum absolute atomic E-state index is 0.197. The third-order valence-electron chi connectivity index (χ3n) is 5.72. The molecule has 4 heterocycles. The summed E-state index contributed by atoms with van der Waals surface area (Å²) in [5.41, 5.74) is 1.72. The van der Waals surface area contributed by atoms with Gasteiger partial charge >= 0.3 is 6.18 Å². The van der Waals surface area contributed by atoms with E-state index in [0.717, 1.165) is 41.2 Å². The zero-order valence-electron chi connectivity index (χ0n) is 16.7. The molecule has 10 heteroatoms. The van der Waals surface area contributed by atoms with Crippen molar-refractivity contribution >= 4 is 27.2 Å². The lowest BCUT2D eigenvalue weighted by molar-refractivity contribution is -0.141. The Morgan fingerprint density at radius 2 is 1.97 bits per heavy atom. The highest BCUT2D eigenvalue weighted by molar-refractivity contribution is 7.19. The fraction of sp³-hybridized carbons (Fsp3) is 0.500. The molecule has 158 valence electrons. The fourth-order valence-corrected chi connectivity index (χ4v) is 5.35. The quantitative estimate of drug-likeness (QED) is 0.429. The van der Waals surface area contributed by atoms with Gasteiger partial charge in [-0.3, -0.25) is 4.68 Å². The maximum Gasteiger partial charge on any atom is 0.435 e. The second-order valence-corrected chi connectivity index (χ2v) is 9.06. The van der Waals surface area contributed by atoms with E-state index in [0.29, 0.717) is 11.5 Å². The summed E-state index contributed by atoms with van der Waals surface area (Å²) in [7, 11) is 0. The molecule has 0 saturated heterocycles. The van der Waals surface area contributed by atoms with Crippen LogP contribution < -0.4 is 0 Å². The van der Waals surface area contributed by atoms with Crippen LogP contribution in [0.2, 0.25) is 0 Å². The average Bonchev–Trinajstić information content (AvgIpc) is 3.32. The molecule has 0 spiro atoms. The lowest BCUT2D eigenvalue weighted by Gasteiger charge is -2.09. The minimum atomic E-state index is -4.45. The molecule has 1 atom stereocenters. The van der Waals surface area contributed by atoms with Crippen molar-refractivity contribution in [3.63, 3.8) is 0 Å². The zero-order chi connectivity index (χ0) is 21.0. The van der Waals surface area contributed by atoms with Crippen LogP contribution in [0.5, 0.6) is 0 Å². The first-order chi connectivity index (χ1) is 14.3. The Hall–Kier alpha value is -2.49. The number of aryl methyl sites for hydroxylation is 3. The van der Waals surface area contributed by atoms with Gasteiger partial charge in [-0.2, -0.15) is 18.3 Å². The molecule has 0 aliphatic heterocycles. The topological polar surface area (TPSA) is 60.9 Å². The van der Waals surface area contributed by atoms with Crippen LogP contribution in [-0.4, -0.2) is 29.4 Å². The van der Waals surface area contributed by atoms with E-state index in [2.05, 4.69) is 15.2 Å². The van der Waals surface area contributed by atoms with Crippen LogP contribution in [0.4, 0.5) is 13.2 Å². The standard InChI is InChI=1S/C20H21F3N6S/c1-11(9-28-12(2)8-15(26-28)20(21,22)23)17-25-18-16-13-6-4-3-5-7-14(13)30-19(16)24-10-29(18)27-17/h8,10-11H,3-7,9H2,1-2H3. The van der Waals surface area contributed by atoms with Crippen LogP contribution in [0.25, 0.3) is 15.9 Å². The first-order valence-electron chi connectivity index (χ1n) is 10.1. The van der Waals surface area contributed by atoms with E-state index < -0.39 is 11.9 Å². The van der Waals surface area contributed by atoms with Gasteiger partial charge in [0.1, 0.15) is 11.2 Å². The first-order valence-corrected chi connectivity index (χ1v) is 10.9. The molecule has 0 N–H and O–H groups in total. The fourth-order valence-electron chi connectivity index (χ4n) is 4.13. The van der Waals surface area contributed by atoms with Crippen LogP contribution in [0, 0.1) is 6.92 Å². The van der Waals surface area contributed by atoms with Crippen LogP contribution in [0.15, 0.2) is 12.4 Å². The summed E-state index contributed by atoms with van der Waals surface area (Å²) in [6, 6.07) is 1.07. The number of aromatic nitrogens is 6. The summed E-state index contributed by atoms with van der Waals surface area (Å²) in [6.45, 7) is 3.80. The Balaban J connectivity index is 1.51. The summed E-state index contributed by atoms with van der Waals surface area (Å²) in [6.07, 6.45) is 2.94. The molecule has 5 rings (SSSR count). The third-order valence-corrected chi connectivity index (χ3v) is 6.92. The van der Waals surface area contributed by atoms with Crippen molar-refractivity contribution in [1.29, 1.82) is 0 Å². The van der Waals surface area contributed by atoms with Crippen molar-refractivity contribution in [3.8, 4) is 0 Å². The zero-order valence-corrected chi connectivity index (χ0v) is 17.5. The summed E-state index contributed by atoms with van der Waals surface area (Å²) in [4.78, 5) is 11.8. The Bertz CT molecular complexity index is 1240. The number of hydrogen-bond donors (Lipinski definition) is 0. The van der Waals surface area contributed by atoms with Gasteiger partial charge in [0.25, 0.3) is 0 Å². The van der Waals surface area contributed by atoms with Crippen LogP contribution in [0.3, 0.4) is 0 Å². The van der Waals surface area contributed by atoms with Gasteiger partial charge in [0.15, 0.2) is 17.2 Å². The summed E-state index contributed by atoms with van der Waals surface area (Å²) in [5, 5.41) is 9.39. The van der Waals surface area contributed by atoms with Crippen LogP contribution >= 0.6 is 11.3 Å². The van der Waals surface area contributed by atoms with Gasteiger partial charge < -0.3 is 0 Å². The molecule has 0 amide bonds. The molecular weight excluding hydrogens is 413 g/mol. The third kappa shape index (κ3) is 3.27. The molecular formula is C20H21F3N6S. The maximum atomic E-state index is 13.0. The van der Waals surface area contributed by atoms with Gasteiger partial charge in [-0.1, -0.05) is 13.3 Å². The lowest BCUT2D eigenvalue weighted by Crippen LogP contribution is -2.12. The molecule has 0 bridgehead atoms. The van der Waals surface area contributed by atoms with Crippen LogP contribution in [-0.2, 0) is 25.6 Å². The van der Waals surface area contributed by atoms with Gasteiger partial charge in [-0.15, -0.1) is 16.4 Å². The smallest absolute Gasteiger partial charge is 0.269 e. The molecule has 4 aromatic heterocycles. The highest BCUT2D eigenvalue weighted by atomic mass is 32.1. The highest BCUT2D eigenvalue weighted by Crippen LogP contribution is 2.36. The minimum Gasteiger partial charge on any atom is -0.269 e. The Morgan fingerprint density at radius 1 is 1.17 bits per heavy atom. The van der Waals surface area contributed by atoms with Gasteiger partial charge in [-0.05, 0) is 44.2 Å². The first kappa shape index (κ1) is 19.5. The Labute approximate surface area is 174 Å². The van der Waals surface area contributed by atoms with Crippen molar-refractivity contribution in [3.05, 3.63) is 40.0 Å². The molecule has 1 aliphatic rings. The van der Waals surface area contributed by atoms with Crippen LogP contribution in [0.1, 0.15) is 59.8 Å². The summed E-state index contributed by atoms with van der Waals surface area (Å²) in [5.74, 6) is 0.387. The summed E-state index contributed by atoms with van der Waals surface area (Å²) < 4.78 is 41.9. The van der Waals surface area contributed by atoms with Crippen molar-refractivity contribution in [2.24, 2.45) is 0 Å². The largest absolute Gasteiger partial charge is 0.435 e. The molecule has 1 unspecified atom stereocenters. The monoisotopic (exact) mass is 434 g/mol. The van der Waals surface area contributed by atoms with Gasteiger partial charge in [0.2, 0.25) is 0 Å². The Kier molecular flexibility index (Phi) is 4.57. The van der Waals surface area contributed by atoms with Crippen molar-refractivity contribution in [1.82, 2.24) is 29.4 Å². The molecule has 0 aromatic carbocycles. The van der Waals surface area contributed by atoms with E-state index in [-0.39, 0.29) is 12.5 Å². The predicted molar refractivity (Wildman–Crippen MR) is 108 cm³/mol. The number of halogens is 3. The van der Waals surface area contributed by atoms with Crippen molar-refractivity contribution in [2.45, 2.75) is 64.6 Å². The van der Waals surface area contributed by atoms with Gasteiger partial charge in [0, 0.05) is 16.5 Å². The Morgan fingerprint density at radius 3 is 2.73 bits per heavy atom. The predicted octanol–water partition coefficient (Wildman–Crippen LogP) is 4.94. The molecule has 0 radical (unpaired) electrons.